The van der Waals surface area contributed by atoms with Crippen LogP contribution < -0.4 is 0 Å². The van der Waals surface area contributed by atoms with Crippen molar-refractivity contribution in [3.63, 3.8) is 0 Å². The lowest BCUT2D eigenvalue weighted by Gasteiger charge is -2.12. The lowest BCUT2D eigenvalue weighted by molar-refractivity contribution is 1.23. The fraction of sp³-hybridized carbons (Fsp3) is 0. The van der Waals surface area contributed by atoms with Gasteiger partial charge in [0.2, 0.25) is 0 Å². The van der Waals surface area contributed by atoms with Crippen LogP contribution >= 0.6 is 0 Å². The van der Waals surface area contributed by atoms with E-state index >= 15 is 0 Å². The second-order valence-corrected chi connectivity index (χ2v) is 12.5. The SMILES string of the molecule is c1ccc(-c2cc(-c3ccccc3)nc(-c3ccc(-c4ccc(-c5nc(-c6ccccc6)nc6c5ccc5ccccc56)cc4)cc3)c2)cc1. The van der Waals surface area contributed by atoms with Crippen molar-refractivity contribution in [2.24, 2.45) is 0 Å². The molecule has 3 heteroatoms. The molecule has 7 aromatic carbocycles. The Kier molecular flexibility index (Phi) is 7.49. The lowest BCUT2D eigenvalue weighted by atomic mass is 9.97. The zero-order chi connectivity index (χ0) is 33.3. The van der Waals surface area contributed by atoms with Crippen LogP contribution in [0.3, 0.4) is 0 Å². The van der Waals surface area contributed by atoms with Gasteiger partial charge in [-0.25, -0.2) is 15.0 Å². The molecule has 50 heavy (non-hydrogen) atoms. The fourth-order valence-corrected chi connectivity index (χ4v) is 6.69. The Hall–Kier alpha value is -6.71. The monoisotopic (exact) mass is 637 g/mol. The van der Waals surface area contributed by atoms with Crippen LogP contribution in [0.2, 0.25) is 0 Å². The van der Waals surface area contributed by atoms with E-state index in [2.05, 4.69) is 164 Å². The highest BCUT2D eigenvalue weighted by molar-refractivity contribution is 6.09. The average Bonchev–Trinajstić information content (AvgIpc) is 3.21. The fourth-order valence-electron chi connectivity index (χ4n) is 6.69. The van der Waals surface area contributed by atoms with Gasteiger partial charge in [-0.3, -0.25) is 0 Å². The third-order valence-corrected chi connectivity index (χ3v) is 9.30. The van der Waals surface area contributed by atoms with Gasteiger partial charge in [0.25, 0.3) is 0 Å². The van der Waals surface area contributed by atoms with Crippen molar-refractivity contribution in [3.8, 4) is 67.4 Å². The Morgan fingerprint density at radius 2 is 0.760 bits per heavy atom. The Morgan fingerprint density at radius 1 is 0.280 bits per heavy atom. The number of nitrogens with zero attached hydrogens (tertiary/aromatic N) is 3. The minimum atomic E-state index is 0.726. The summed E-state index contributed by atoms with van der Waals surface area (Å²) in [6, 6.07) is 65.6. The lowest BCUT2D eigenvalue weighted by Crippen LogP contribution is -1.96. The van der Waals surface area contributed by atoms with Gasteiger partial charge >= 0.3 is 0 Å². The molecule has 0 radical (unpaired) electrons. The van der Waals surface area contributed by atoms with Gasteiger partial charge in [0, 0.05) is 33.0 Å². The number of hydrogen-bond donors (Lipinski definition) is 0. The highest BCUT2D eigenvalue weighted by Gasteiger charge is 2.15. The molecule has 0 saturated heterocycles. The van der Waals surface area contributed by atoms with Crippen molar-refractivity contribution < 1.29 is 0 Å². The molecule has 9 aromatic rings. The predicted molar refractivity (Wildman–Crippen MR) is 207 cm³/mol. The smallest absolute Gasteiger partial charge is 0.160 e. The van der Waals surface area contributed by atoms with Crippen LogP contribution in [-0.2, 0) is 0 Å². The van der Waals surface area contributed by atoms with E-state index in [9.17, 15) is 0 Å². The van der Waals surface area contributed by atoms with Crippen LogP contribution in [0.15, 0.2) is 188 Å². The molecule has 234 valence electrons. The van der Waals surface area contributed by atoms with Gasteiger partial charge in [-0.15, -0.1) is 0 Å². The Labute approximate surface area is 291 Å². The first-order chi connectivity index (χ1) is 24.8. The summed E-state index contributed by atoms with van der Waals surface area (Å²) in [5.41, 5.74) is 12.6. The first-order valence-electron chi connectivity index (χ1n) is 16.9. The summed E-state index contributed by atoms with van der Waals surface area (Å²) in [5, 5.41) is 3.34. The van der Waals surface area contributed by atoms with Crippen molar-refractivity contribution in [1.29, 1.82) is 0 Å². The molecule has 0 fully saturated rings. The summed E-state index contributed by atoms with van der Waals surface area (Å²) in [6.07, 6.45) is 0. The summed E-state index contributed by atoms with van der Waals surface area (Å²) in [7, 11) is 0. The van der Waals surface area contributed by atoms with Crippen LogP contribution in [-0.4, -0.2) is 15.0 Å². The molecule has 0 atom stereocenters. The molecular formula is C47H31N3. The molecule has 0 aliphatic rings. The molecule has 2 heterocycles. The third kappa shape index (κ3) is 5.61. The molecule has 2 aromatic heterocycles. The maximum atomic E-state index is 5.14. The normalized spacial score (nSPS) is 11.2. The van der Waals surface area contributed by atoms with E-state index in [0.717, 1.165) is 78.1 Å². The second kappa shape index (κ2) is 12.7. The predicted octanol–water partition coefficient (Wildman–Crippen LogP) is 12.2. The summed E-state index contributed by atoms with van der Waals surface area (Å²) >= 11 is 0. The third-order valence-electron chi connectivity index (χ3n) is 9.30. The van der Waals surface area contributed by atoms with Gasteiger partial charge in [0.05, 0.1) is 22.6 Å². The zero-order valence-corrected chi connectivity index (χ0v) is 27.2. The van der Waals surface area contributed by atoms with E-state index in [0.29, 0.717) is 0 Å². The number of fused-ring (bicyclic) bond motifs is 3. The summed E-state index contributed by atoms with van der Waals surface area (Å²) in [5.74, 6) is 0.726. The van der Waals surface area contributed by atoms with Crippen molar-refractivity contribution >= 4 is 21.7 Å². The van der Waals surface area contributed by atoms with Gasteiger partial charge in [0.15, 0.2) is 5.82 Å². The molecule has 0 unspecified atom stereocenters. The van der Waals surface area contributed by atoms with E-state index in [1.807, 2.05) is 24.3 Å². The molecule has 0 amide bonds. The van der Waals surface area contributed by atoms with Crippen molar-refractivity contribution in [2.45, 2.75) is 0 Å². The van der Waals surface area contributed by atoms with Gasteiger partial charge in [-0.2, -0.15) is 0 Å². The highest BCUT2D eigenvalue weighted by Crippen LogP contribution is 2.35. The van der Waals surface area contributed by atoms with Crippen LogP contribution in [0.4, 0.5) is 0 Å². The first kappa shape index (κ1) is 29.4. The standard InChI is InChI=1S/C47H31N3/c1-4-12-32(13-5-1)40-30-43(36-15-6-2-7-16-36)48-44(31-40)37-24-20-33(21-25-37)34-22-26-38(27-23-34)45-42-29-28-35-14-10-11-19-41(35)46(42)50-47(49-45)39-17-8-3-9-18-39/h1-31H. The molecule has 0 N–H and O–H groups in total. The molecule has 0 saturated carbocycles. The summed E-state index contributed by atoms with van der Waals surface area (Å²) in [6.45, 7) is 0. The van der Waals surface area contributed by atoms with Gasteiger partial charge < -0.3 is 0 Å². The van der Waals surface area contributed by atoms with Crippen molar-refractivity contribution in [2.75, 3.05) is 0 Å². The largest absolute Gasteiger partial charge is 0.248 e. The van der Waals surface area contributed by atoms with E-state index in [-0.39, 0.29) is 0 Å². The molecule has 0 aliphatic heterocycles. The van der Waals surface area contributed by atoms with Crippen LogP contribution in [0.1, 0.15) is 0 Å². The van der Waals surface area contributed by atoms with E-state index in [1.165, 1.54) is 10.9 Å². The summed E-state index contributed by atoms with van der Waals surface area (Å²) < 4.78 is 0. The van der Waals surface area contributed by atoms with Gasteiger partial charge in [-0.05, 0) is 45.8 Å². The molecule has 0 spiro atoms. The number of rotatable bonds is 6. The average molecular weight is 638 g/mol. The summed E-state index contributed by atoms with van der Waals surface area (Å²) in [4.78, 5) is 15.3. The number of hydrogen-bond acceptors (Lipinski definition) is 3. The van der Waals surface area contributed by atoms with E-state index in [4.69, 9.17) is 15.0 Å². The number of pyridine rings is 1. The Balaban J connectivity index is 1.08. The maximum absolute atomic E-state index is 5.14. The van der Waals surface area contributed by atoms with E-state index in [1.54, 1.807) is 0 Å². The molecular weight excluding hydrogens is 607 g/mol. The topological polar surface area (TPSA) is 38.7 Å². The number of aromatic nitrogens is 3. The van der Waals surface area contributed by atoms with E-state index < -0.39 is 0 Å². The first-order valence-corrected chi connectivity index (χ1v) is 16.9. The molecule has 3 nitrogen and oxygen atoms in total. The molecule has 0 aliphatic carbocycles. The van der Waals surface area contributed by atoms with Gasteiger partial charge in [-0.1, -0.05) is 170 Å². The molecule has 0 bridgehead atoms. The minimum Gasteiger partial charge on any atom is -0.248 e. The van der Waals surface area contributed by atoms with Crippen LogP contribution in [0.25, 0.3) is 89.1 Å². The Morgan fingerprint density at radius 3 is 1.40 bits per heavy atom. The Bertz CT molecular complexity index is 2540. The zero-order valence-electron chi connectivity index (χ0n) is 27.2. The highest BCUT2D eigenvalue weighted by atomic mass is 14.9. The van der Waals surface area contributed by atoms with Crippen LogP contribution in [0.5, 0.6) is 0 Å². The molecule has 9 rings (SSSR count). The second-order valence-electron chi connectivity index (χ2n) is 12.5. The van der Waals surface area contributed by atoms with Crippen molar-refractivity contribution in [3.05, 3.63) is 188 Å². The van der Waals surface area contributed by atoms with Gasteiger partial charge in [0.1, 0.15) is 0 Å². The van der Waals surface area contributed by atoms with Crippen molar-refractivity contribution in [1.82, 2.24) is 15.0 Å². The quantitative estimate of drug-likeness (QED) is 0.170. The maximum Gasteiger partial charge on any atom is 0.160 e. The van der Waals surface area contributed by atoms with Crippen LogP contribution in [0, 0.1) is 0 Å². The minimum absolute atomic E-state index is 0.726. The number of benzene rings is 7.